The number of alkyl halides is 2. The van der Waals surface area contributed by atoms with Gasteiger partial charge in [0.25, 0.3) is 6.43 Å². The summed E-state index contributed by atoms with van der Waals surface area (Å²) in [7, 11) is 1.23. The van der Waals surface area contributed by atoms with Crippen LogP contribution in [0, 0.1) is 6.92 Å². The maximum absolute atomic E-state index is 12.6. The third-order valence-corrected chi connectivity index (χ3v) is 2.14. The molecule has 6 heteroatoms. The van der Waals surface area contributed by atoms with Gasteiger partial charge in [-0.1, -0.05) is 0 Å². The maximum Gasteiger partial charge on any atom is 0.308 e. The number of ether oxygens (including phenoxy) is 1. The van der Waals surface area contributed by atoms with E-state index in [4.69, 9.17) is 9.84 Å². The van der Waals surface area contributed by atoms with Crippen molar-refractivity contribution in [3.63, 3.8) is 0 Å². The highest BCUT2D eigenvalue weighted by atomic mass is 19.3. The van der Waals surface area contributed by atoms with Crippen LogP contribution in [0.25, 0.3) is 0 Å². The van der Waals surface area contributed by atoms with Gasteiger partial charge in [0.15, 0.2) is 0 Å². The summed E-state index contributed by atoms with van der Waals surface area (Å²) in [5, 5.41) is 8.67. The number of carboxylic acids is 1. The van der Waals surface area contributed by atoms with Crippen molar-refractivity contribution in [3.8, 4) is 5.75 Å². The van der Waals surface area contributed by atoms with E-state index in [9.17, 15) is 13.6 Å². The van der Waals surface area contributed by atoms with Crippen LogP contribution in [-0.4, -0.2) is 23.2 Å². The van der Waals surface area contributed by atoms with Crippen LogP contribution in [-0.2, 0) is 11.2 Å². The highest BCUT2D eigenvalue weighted by molar-refractivity contribution is 5.72. The topological polar surface area (TPSA) is 59.4 Å². The van der Waals surface area contributed by atoms with E-state index in [2.05, 4.69) is 4.98 Å². The van der Waals surface area contributed by atoms with Crippen molar-refractivity contribution in [2.75, 3.05) is 7.11 Å². The van der Waals surface area contributed by atoms with Crippen molar-refractivity contribution < 1.29 is 23.4 Å². The molecule has 0 fully saturated rings. The van der Waals surface area contributed by atoms with Crippen LogP contribution in [0.3, 0.4) is 0 Å². The lowest BCUT2D eigenvalue weighted by Crippen LogP contribution is -2.08. The van der Waals surface area contributed by atoms with E-state index in [1.165, 1.54) is 7.11 Å². The average Bonchev–Trinajstić information content (AvgIpc) is 2.19. The molecule has 0 radical (unpaired) electrons. The van der Waals surface area contributed by atoms with Crippen LogP contribution in [0.4, 0.5) is 8.78 Å². The normalized spacial score (nSPS) is 10.6. The van der Waals surface area contributed by atoms with E-state index in [1.807, 2.05) is 0 Å². The molecule has 0 aliphatic carbocycles. The molecule has 0 aliphatic heterocycles. The molecule has 1 N–H and O–H groups in total. The van der Waals surface area contributed by atoms with Crippen LogP contribution in [0.2, 0.25) is 0 Å². The summed E-state index contributed by atoms with van der Waals surface area (Å²) in [5.74, 6) is -1.21. The molecule has 1 heterocycles. The fourth-order valence-corrected chi connectivity index (χ4v) is 1.40. The summed E-state index contributed by atoms with van der Waals surface area (Å²) in [6.45, 7) is 1.55. The van der Waals surface area contributed by atoms with Crippen molar-refractivity contribution in [1.29, 1.82) is 0 Å². The molecule has 1 rings (SSSR count). The summed E-state index contributed by atoms with van der Waals surface area (Å²) in [6.07, 6.45) is -2.12. The molecule has 0 atom stereocenters. The van der Waals surface area contributed by atoms with Crippen LogP contribution in [0.1, 0.15) is 23.2 Å². The Bertz CT molecular complexity index is 407. The molecule has 0 aliphatic rings. The minimum absolute atomic E-state index is 0.0927. The number of hydrogen-bond acceptors (Lipinski definition) is 3. The molecule has 0 bridgehead atoms. The summed E-state index contributed by atoms with van der Waals surface area (Å²) in [4.78, 5) is 14.3. The van der Waals surface area contributed by atoms with Crippen LogP contribution < -0.4 is 4.74 Å². The van der Waals surface area contributed by atoms with Crippen molar-refractivity contribution in [2.24, 2.45) is 0 Å². The molecule has 0 saturated carbocycles. The van der Waals surface area contributed by atoms with Gasteiger partial charge in [-0.15, -0.1) is 0 Å². The molecule has 0 spiro atoms. The fraction of sp³-hybridized carbons (Fsp3) is 0.400. The molecule has 0 saturated heterocycles. The van der Waals surface area contributed by atoms with E-state index < -0.39 is 12.4 Å². The largest absolute Gasteiger partial charge is 0.496 e. The first-order valence-corrected chi connectivity index (χ1v) is 4.49. The molecule has 88 valence electrons. The maximum atomic E-state index is 12.6. The van der Waals surface area contributed by atoms with Crippen molar-refractivity contribution >= 4 is 5.97 Å². The van der Waals surface area contributed by atoms with E-state index in [-0.39, 0.29) is 23.3 Å². The van der Waals surface area contributed by atoms with Gasteiger partial charge in [-0.25, -0.2) is 8.78 Å². The summed E-state index contributed by atoms with van der Waals surface area (Å²) in [6, 6.07) is 0. The molecular weight excluding hydrogens is 220 g/mol. The number of hydrogen-bond donors (Lipinski definition) is 1. The standard InChI is InChI=1S/C10H11F2NO3/c1-5-6(3-8(14)15)9(16-2)7(4-13-5)10(11)12/h4,10H,3H2,1-2H3,(H,14,15). The number of rotatable bonds is 4. The number of carboxylic acid groups (broad SMARTS) is 1. The average molecular weight is 231 g/mol. The van der Waals surface area contributed by atoms with Gasteiger partial charge in [-0.2, -0.15) is 0 Å². The molecule has 1 aromatic rings. The molecule has 0 unspecified atom stereocenters. The van der Waals surface area contributed by atoms with Crippen molar-refractivity contribution in [3.05, 3.63) is 23.0 Å². The highest BCUT2D eigenvalue weighted by Crippen LogP contribution is 2.32. The van der Waals surface area contributed by atoms with Gasteiger partial charge in [-0.3, -0.25) is 9.78 Å². The highest BCUT2D eigenvalue weighted by Gasteiger charge is 2.21. The lowest BCUT2D eigenvalue weighted by Gasteiger charge is -2.13. The van der Waals surface area contributed by atoms with E-state index in [1.54, 1.807) is 6.92 Å². The predicted octanol–water partition coefficient (Wildman–Crippen LogP) is 1.96. The molecule has 0 amide bonds. The van der Waals surface area contributed by atoms with Crippen molar-refractivity contribution in [1.82, 2.24) is 4.98 Å². The molecular formula is C10H11F2NO3. The van der Waals surface area contributed by atoms with Gasteiger partial charge < -0.3 is 9.84 Å². The molecule has 4 nitrogen and oxygen atoms in total. The number of aryl methyl sites for hydroxylation is 1. The Kier molecular flexibility index (Phi) is 3.76. The van der Waals surface area contributed by atoms with E-state index >= 15 is 0 Å². The first kappa shape index (κ1) is 12.4. The Balaban J connectivity index is 3.32. The minimum Gasteiger partial charge on any atom is -0.496 e. The smallest absolute Gasteiger partial charge is 0.308 e. The van der Waals surface area contributed by atoms with Gasteiger partial charge in [-0.05, 0) is 6.92 Å². The number of carbonyl (C=O) groups is 1. The number of halogens is 2. The second-order valence-corrected chi connectivity index (χ2v) is 3.18. The predicted molar refractivity (Wildman–Crippen MR) is 51.8 cm³/mol. The lowest BCUT2D eigenvalue weighted by atomic mass is 10.1. The Morgan fingerprint density at radius 2 is 2.25 bits per heavy atom. The number of pyridine rings is 1. The lowest BCUT2D eigenvalue weighted by molar-refractivity contribution is -0.136. The second-order valence-electron chi connectivity index (χ2n) is 3.18. The Morgan fingerprint density at radius 1 is 1.62 bits per heavy atom. The summed E-state index contributed by atoms with van der Waals surface area (Å²) < 4.78 is 30.0. The summed E-state index contributed by atoms with van der Waals surface area (Å²) in [5.41, 5.74) is 0.181. The minimum atomic E-state index is -2.74. The third kappa shape index (κ3) is 2.44. The zero-order chi connectivity index (χ0) is 12.3. The quantitative estimate of drug-likeness (QED) is 0.860. The SMILES string of the molecule is COc1c(C(F)F)cnc(C)c1CC(=O)O. The second kappa shape index (κ2) is 4.87. The Labute approximate surface area is 90.9 Å². The Morgan fingerprint density at radius 3 is 2.69 bits per heavy atom. The zero-order valence-corrected chi connectivity index (χ0v) is 8.83. The first-order valence-electron chi connectivity index (χ1n) is 4.49. The van der Waals surface area contributed by atoms with E-state index in [0.29, 0.717) is 5.69 Å². The number of aliphatic carboxylic acids is 1. The summed E-state index contributed by atoms with van der Waals surface area (Å²) >= 11 is 0. The first-order chi connectivity index (χ1) is 7.47. The van der Waals surface area contributed by atoms with Gasteiger partial charge in [0.2, 0.25) is 0 Å². The zero-order valence-electron chi connectivity index (χ0n) is 8.83. The monoisotopic (exact) mass is 231 g/mol. The van der Waals surface area contributed by atoms with Crippen LogP contribution >= 0.6 is 0 Å². The van der Waals surface area contributed by atoms with Gasteiger partial charge in [0.1, 0.15) is 5.75 Å². The molecule has 16 heavy (non-hydrogen) atoms. The number of nitrogens with zero attached hydrogens (tertiary/aromatic N) is 1. The molecule has 0 aromatic carbocycles. The van der Waals surface area contributed by atoms with Gasteiger partial charge >= 0.3 is 5.97 Å². The van der Waals surface area contributed by atoms with Crippen molar-refractivity contribution in [2.45, 2.75) is 19.8 Å². The van der Waals surface area contributed by atoms with Gasteiger partial charge in [0.05, 0.1) is 19.1 Å². The number of aromatic nitrogens is 1. The third-order valence-electron chi connectivity index (χ3n) is 2.14. The van der Waals surface area contributed by atoms with Gasteiger partial charge in [0, 0.05) is 17.5 Å². The van der Waals surface area contributed by atoms with E-state index in [0.717, 1.165) is 6.20 Å². The van der Waals surface area contributed by atoms with Crippen LogP contribution in [0.5, 0.6) is 5.75 Å². The fourth-order valence-electron chi connectivity index (χ4n) is 1.40. The Hall–Kier alpha value is -1.72. The number of methoxy groups -OCH3 is 1. The van der Waals surface area contributed by atoms with Crippen LogP contribution in [0.15, 0.2) is 6.20 Å². The molecule has 1 aromatic heterocycles.